The normalized spacial score (nSPS) is 24.8. The van der Waals surface area contributed by atoms with Gasteiger partial charge in [0.25, 0.3) is 5.56 Å². The van der Waals surface area contributed by atoms with Gasteiger partial charge in [-0.15, -0.1) is 0 Å². The fraction of sp³-hybridized carbons (Fsp3) is 0.862. The molecule has 5 atom stereocenters. The van der Waals surface area contributed by atoms with Crippen LogP contribution in [0, 0.1) is 4.77 Å². The fourth-order valence-corrected chi connectivity index (χ4v) is 5.75. The highest BCUT2D eigenvalue weighted by Gasteiger charge is 2.53. The number of ether oxygens (including phenoxy) is 2. The topological polar surface area (TPSA) is 152 Å². The molecule has 1 aromatic rings. The Kier molecular flexibility index (Phi) is 16.3. The van der Waals surface area contributed by atoms with Crippen LogP contribution in [0.3, 0.4) is 0 Å². The molecule has 1 fully saturated rings. The second-order valence-corrected chi connectivity index (χ2v) is 12.9. The van der Waals surface area contributed by atoms with Crippen LogP contribution in [-0.2, 0) is 23.1 Å². The molecule has 0 aliphatic carbocycles. The Morgan fingerprint density at radius 3 is 2.12 bits per heavy atom. The van der Waals surface area contributed by atoms with Gasteiger partial charge in [-0.05, 0) is 32.0 Å². The summed E-state index contributed by atoms with van der Waals surface area (Å²) in [6.07, 6.45) is 14.2. The molecular formula is C29H53N2O9PS. The minimum atomic E-state index is -4.91. The van der Waals surface area contributed by atoms with Gasteiger partial charge in [-0.25, -0.2) is 4.57 Å². The number of aromatic nitrogens is 2. The predicted molar refractivity (Wildman–Crippen MR) is 164 cm³/mol. The Morgan fingerprint density at radius 1 is 1.00 bits per heavy atom. The van der Waals surface area contributed by atoms with Crippen molar-refractivity contribution in [1.29, 1.82) is 0 Å². The first-order valence-corrected chi connectivity index (χ1v) is 17.4. The van der Waals surface area contributed by atoms with E-state index in [0.717, 1.165) is 23.5 Å². The van der Waals surface area contributed by atoms with Crippen LogP contribution < -0.4 is 5.56 Å². The molecule has 0 amide bonds. The van der Waals surface area contributed by atoms with E-state index in [1.165, 1.54) is 90.2 Å². The van der Waals surface area contributed by atoms with E-state index in [1.54, 1.807) is 0 Å². The van der Waals surface area contributed by atoms with E-state index in [1.807, 2.05) is 0 Å². The van der Waals surface area contributed by atoms with Crippen molar-refractivity contribution in [2.45, 2.75) is 134 Å². The van der Waals surface area contributed by atoms with Crippen LogP contribution in [0.1, 0.15) is 119 Å². The van der Waals surface area contributed by atoms with Gasteiger partial charge in [0.1, 0.15) is 17.8 Å². The Hall–Kier alpha value is -0.950. The number of aromatic amines is 1. The average Bonchev–Trinajstić information content (AvgIpc) is 3.18. The summed E-state index contributed by atoms with van der Waals surface area (Å²) in [6, 6.07) is 1.11. The number of aliphatic hydroxyl groups excluding tert-OH is 1. The van der Waals surface area contributed by atoms with Gasteiger partial charge in [0.05, 0.1) is 15.9 Å². The lowest BCUT2D eigenvalue weighted by molar-refractivity contribution is -0.0978. The van der Waals surface area contributed by atoms with Gasteiger partial charge in [0, 0.05) is 25.5 Å². The second kappa shape index (κ2) is 20.2. The van der Waals surface area contributed by atoms with Crippen LogP contribution in [0.15, 0.2) is 17.1 Å². The van der Waals surface area contributed by atoms with Gasteiger partial charge < -0.3 is 24.6 Å². The maximum atomic E-state index is 12.4. The van der Waals surface area contributed by atoms with Crippen LogP contribution in [0.4, 0.5) is 0 Å². The summed E-state index contributed by atoms with van der Waals surface area (Å²) in [7, 11) is -4.91. The summed E-state index contributed by atoms with van der Waals surface area (Å²) in [4.78, 5) is 23.9. The maximum Gasteiger partial charge on any atom is 0.472 e. The number of nitrogens with one attached hydrogen (secondary N) is 1. The van der Waals surface area contributed by atoms with Crippen molar-refractivity contribution in [3.05, 3.63) is 27.4 Å². The molecule has 0 aromatic carbocycles. The molecule has 13 heteroatoms. The summed E-state index contributed by atoms with van der Waals surface area (Å²) < 4.78 is 50.5. The van der Waals surface area contributed by atoms with Crippen LogP contribution in [0.25, 0.3) is 0 Å². The van der Waals surface area contributed by atoms with E-state index >= 15 is 0 Å². The summed E-state index contributed by atoms with van der Waals surface area (Å²) >= 11 is 5.07. The number of H-pyrrole nitrogens is 1. The van der Waals surface area contributed by atoms with Crippen LogP contribution in [-0.4, -0.2) is 68.8 Å². The lowest BCUT2D eigenvalue weighted by Gasteiger charge is -2.27. The van der Waals surface area contributed by atoms with Gasteiger partial charge >= 0.3 is 7.82 Å². The van der Waals surface area contributed by atoms with Crippen LogP contribution in [0.5, 0.6) is 0 Å². The molecule has 11 nitrogen and oxygen atoms in total. The molecule has 0 radical (unpaired) electrons. The number of phosphoric acid groups is 1. The van der Waals surface area contributed by atoms with Crippen LogP contribution >= 0.6 is 20.0 Å². The molecule has 4 N–H and O–H groups in total. The lowest BCUT2D eigenvalue weighted by Crippen LogP contribution is -2.44. The number of nitrogens with zero attached hydrogens (tertiary/aromatic N) is 1. The van der Waals surface area contributed by atoms with E-state index in [2.05, 4.69) is 11.9 Å². The molecule has 42 heavy (non-hydrogen) atoms. The van der Waals surface area contributed by atoms with Crippen molar-refractivity contribution in [2.24, 2.45) is 0 Å². The smallest absolute Gasteiger partial charge is 0.387 e. The molecule has 1 aliphatic rings. The van der Waals surface area contributed by atoms with Crippen molar-refractivity contribution in [3.63, 3.8) is 0 Å². The van der Waals surface area contributed by atoms with E-state index in [4.69, 9.17) is 33.5 Å². The number of aliphatic hydroxyl groups is 2. The zero-order valence-electron chi connectivity index (χ0n) is 27.2. The molecule has 1 aliphatic heterocycles. The Balaban J connectivity index is 1.58. The molecule has 0 saturated carbocycles. The maximum absolute atomic E-state index is 12.4. The monoisotopic (exact) mass is 638 g/mol. The second-order valence-electron chi connectivity index (χ2n) is 11.2. The Morgan fingerprint density at radius 2 is 1.55 bits per heavy atom. The highest BCUT2D eigenvalue weighted by molar-refractivity contribution is 7.71. The zero-order chi connectivity index (χ0) is 32.6. The SMILES string of the molecule is [2H]C([2H])(OP(=O)(O)OCCCOCCCCCCCCCCCCCCCC)[C@H]1O[C@@H](n2ccc(=O)[nH]c2=S)C(C)(O)[C@H]1O. The van der Waals surface area contributed by atoms with Gasteiger partial charge in [0.2, 0.25) is 0 Å². The summed E-state index contributed by atoms with van der Waals surface area (Å²) in [6.45, 7) is 1.06. The van der Waals surface area contributed by atoms with Crippen molar-refractivity contribution < 1.29 is 40.9 Å². The molecule has 1 saturated heterocycles. The van der Waals surface area contributed by atoms with Crippen molar-refractivity contribution in [1.82, 2.24) is 9.55 Å². The average molecular weight is 639 g/mol. The zero-order valence-corrected chi connectivity index (χ0v) is 26.9. The minimum Gasteiger partial charge on any atom is -0.387 e. The van der Waals surface area contributed by atoms with E-state index in [9.17, 15) is 24.5 Å². The van der Waals surface area contributed by atoms with E-state index < -0.39 is 44.0 Å². The number of unbranched alkanes of at least 4 members (excludes halogenated alkanes) is 13. The van der Waals surface area contributed by atoms with Gasteiger partial charge in [-0.2, -0.15) is 0 Å². The molecule has 2 heterocycles. The molecular weight excluding hydrogens is 583 g/mol. The van der Waals surface area contributed by atoms with E-state index in [-0.39, 0.29) is 11.4 Å². The van der Waals surface area contributed by atoms with Gasteiger partial charge in [-0.1, -0.05) is 90.4 Å². The predicted octanol–water partition coefficient (Wildman–Crippen LogP) is 5.94. The molecule has 2 unspecified atom stereocenters. The molecule has 0 bridgehead atoms. The highest BCUT2D eigenvalue weighted by Crippen LogP contribution is 2.45. The van der Waals surface area contributed by atoms with E-state index in [0.29, 0.717) is 19.6 Å². The molecule has 1 aromatic heterocycles. The number of phosphoric ester groups is 1. The van der Waals surface area contributed by atoms with Crippen molar-refractivity contribution >= 4 is 20.0 Å². The standard InChI is InChI=1S/C29H53N2O9PS/c1-3-4-5-6-7-8-9-10-11-12-13-14-15-16-20-37-21-17-22-38-41(35,36)39-23-24-26(33)29(2,34)27(40-24)31-19-18-25(32)30-28(31)42/h18-19,24,26-27,33-34H,3-17,20-23H2,1-2H3,(H,35,36)(H,30,32,42)/t24-,26+,27-,29?/m1/s1/i23D2. The number of hydrogen-bond acceptors (Lipinski definition) is 9. The third-order valence-electron chi connectivity index (χ3n) is 7.38. The third-order valence-corrected chi connectivity index (χ3v) is 8.54. The van der Waals surface area contributed by atoms with Crippen LogP contribution in [0.2, 0.25) is 0 Å². The first kappa shape index (κ1) is 33.9. The molecule has 0 spiro atoms. The first-order chi connectivity index (χ1) is 20.8. The largest absolute Gasteiger partial charge is 0.472 e. The molecule has 2 rings (SSSR count). The lowest BCUT2D eigenvalue weighted by atomic mass is 9.96. The summed E-state index contributed by atoms with van der Waals surface area (Å²) in [5.41, 5.74) is -2.60. The Bertz CT molecular complexity index is 1120. The van der Waals surface area contributed by atoms with Crippen molar-refractivity contribution in [2.75, 3.05) is 26.4 Å². The Labute approximate surface area is 258 Å². The van der Waals surface area contributed by atoms with Crippen molar-refractivity contribution in [3.8, 4) is 0 Å². The molecule has 244 valence electrons. The number of hydrogen-bond donors (Lipinski definition) is 4. The quantitative estimate of drug-likeness (QED) is 0.0608. The summed E-state index contributed by atoms with van der Waals surface area (Å²) in [5, 5.41) is 21.5. The minimum absolute atomic E-state index is 0.139. The third kappa shape index (κ3) is 13.8. The van der Waals surface area contributed by atoms with Gasteiger partial charge in [0.15, 0.2) is 11.0 Å². The summed E-state index contributed by atoms with van der Waals surface area (Å²) in [5.74, 6) is 0. The highest BCUT2D eigenvalue weighted by atomic mass is 32.1. The number of rotatable bonds is 24. The first-order valence-electron chi connectivity index (χ1n) is 16.4. The fourth-order valence-electron chi connectivity index (χ4n) is 4.84. The van der Waals surface area contributed by atoms with Gasteiger partial charge in [-0.3, -0.25) is 23.4 Å².